The Morgan fingerprint density at radius 1 is 1.10 bits per heavy atom. The molecule has 0 N–H and O–H groups in total. The first kappa shape index (κ1) is 18.2. The molecule has 9 heteroatoms. The molecule has 8 nitrogen and oxygen atoms in total. The molecule has 2 aromatic heterocycles. The number of nitrogens with zero attached hydrogens (tertiary/aromatic N) is 6. The maximum absolute atomic E-state index is 12.6. The van der Waals surface area contributed by atoms with Gasteiger partial charge in [0.2, 0.25) is 0 Å². The van der Waals surface area contributed by atoms with E-state index >= 15 is 0 Å². The van der Waals surface area contributed by atoms with Gasteiger partial charge < -0.3 is 14.5 Å². The lowest BCUT2D eigenvalue weighted by Gasteiger charge is -2.22. The first-order valence-electron chi connectivity index (χ1n) is 9.67. The van der Waals surface area contributed by atoms with Crippen LogP contribution in [0.2, 0.25) is 5.02 Å². The van der Waals surface area contributed by atoms with E-state index in [0.717, 1.165) is 43.5 Å². The lowest BCUT2D eigenvalue weighted by Crippen LogP contribution is -2.36. The minimum absolute atomic E-state index is 0.00512. The molecule has 0 aliphatic carbocycles. The number of benzene rings is 1. The van der Waals surface area contributed by atoms with Gasteiger partial charge in [0.1, 0.15) is 11.6 Å². The number of likely N-dealkylation sites (tertiary alicyclic amines) is 1. The maximum atomic E-state index is 12.6. The minimum Gasteiger partial charge on any atom is -0.482 e. The lowest BCUT2D eigenvalue weighted by molar-refractivity contribution is -0.132. The number of aryl methyl sites for hydroxylation is 1. The third-order valence-electron chi connectivity index (χ3n) is 5.76. The highest BCUT2D eigenvalue weighted by Crippen LogP contribution is 2.33. The van der Waals surface area contributed by atoms with E-state index in [1.807, 2.05) is 36.1 Å². The summed E-state index contributed by atoms with van der Waals surface area (Å²) in [6.45, 7) is 5.18. The zero-order valence-corrected chi connectivity index (χ0v) is 16.8. The fraction of sp³-hybridized carbons (Fsp3) is 0.400. The van der Waals surface area contributed by atoms with E-state index in [4.69, 9.17) is 16.3 Å². The Morgan fingerprint density at radius 3 is 2.62 bits per heavy atom. The molecule has 0 spiro atoms. The van der Waals surface area contributed by atoms with Crippen molar-refractivity contribution >= 4 is 29.0 Å². The number of anilines is 1. The van der Waals surface area contributed by atoms with Crippen molar-refractivity contribution in [1.29, 1.82) is 0 Å². The van der Waals surface area contributed by atoms with Crippen LogP contribution in [0.25, 0.3) is 5.65 Å². The summed E-state index contributed by atoms with van der Waals surface area (Å²) in [6.07, 6.45) is 0. The largest absolute Gasteiger partial charge is 0.482 e. The number of amides is 1. The molecule has 150 valence electrons. The molecule has 29 heavy (non-hydrogen) atoms. The summed E-state index contributed by atoms with van der Waals surface area (Å²) in [5.74, 6) is 3.13. The second-order valence-corrected chi connectivity index (χ2v) is 8.06. The zero-order chi connectivity index (χ0) is 20.0. The molecular formula is C20H21ClN6O2. The first-order valence-corrected chi connectivity index (χ1v) is 10.1. The lowest BCUT2D eigenvalue weighted by atomic mass is 10.0. The fourth-order valence-electron chi connectivity index (χ4n) is 4.23. The van der Waals surface area contributed by atoms with Gasteiger partial charge in [0, 0.05) is 38.0 Å². The topological polar surface area (TPSA) is 75.9 Å². The SMILES string of the molecule is Cc1nnc2ccc(N3CC4CN(C(=O)COc5ccccc5Cl)CC4C3)nn12. The highest BCUT2D eigenvalue weighted by molar-refractivity contribution is 6.32. The van der Waals surface area contributed by atoms with Crippen LogP contribution >= 0.6 is 11.6 Å². The Kier molecular flexibility index (Phi) is 4.50. The van der Waals surface area contributed by atoms with Crippen LogP contribution in [0.5, 0.6) is 5.75 Å². The minimum atomic E-state index is 0.00512. The van der Waals surface area contributed by atoms with Crippen LogP contribution in [0.3, 0.4) is 0 Å². The molecule has 2 saturated heterocycles. The van der Waals surface area contributed by atoms with Crippen molar-refractivity contribution in [2.75, 3.05) is 37.7 Å². The average molecular weight is 413 g/mol. The van der Waals surface area contributed by atoms with E-state index in [1.54, 1.807) is 16.6 Å². The molecule has 2 aliphatic rings. The second-order valence-electron chi connectivity index (χ2n) is 7.65. The predicted octanol–water partition coefficient (Wildman–Crippen LogP) is 2.06. The zero-order valence-electron chi connectivity index (χ0n) is 16.0. The number of carbonyl (C=O) groups excluding carboxylic acids is 1. The number of para-hydroxylation sites is 1. The molecular weight excluding hydrogens is 392 g/mol. The molecule has 2 fully saturated rings. The van der Waals surface area contributed by atoms with Crippen molar-refractivity contribution in [2.24, 2.45) is 11.8 Å². The van der Waals surface area contributed by atoms with Gasteiger partial charge >= 0.3 is 0 Å². The van der Waals surface area contributed by atoms with E-state index in [-0.39, 0.29) is 12.5 Å². The molecule has 2 unspecified atom stereocenters. The summed E-state index contributed by atoms with van der Waals surface area (Å²) in [5, 5.41) is 13.3. The summed E-state index contributed by atoms with van der Waals surface area (Å²) in [7, 11) is 0. The Labute approximate surface area is 173 Å². The molecule has 2 atom stereocenters. The van der Waals surface area contributed by atoms with Crippen molar-refractivity contribution in [3.63, 3.8) is 0 Å². The van der Waals surface area contributed by atoms with Gasteiger partial charge in [-0.05, 0) is 31.2 Å². The highest BCUT2D eigenvalue weighted by atomic mass is 35.5. The van der Waals surface area contributed by atoms with Gasteiger partial charge in [-0.25, -0.2) is 0 Å². The van der Waals surface area contributed by atoms with Gasteiger partial charge in [-0.1, -0.05) is 23.7 Å². The number of halogens is 1. The quantitative estimate of drug-likeness (QED) is 0.653. The molecule has 0 saturated carbocycles. The van der Waals surface area contributed by atoms with E-state index in [2.05, 4.69) is 20.2 Å². The maximum Gasteiger partial charge on any atom is 0.260 e. The average Bonchev–Trinajstić information content (AvgIpc) is 3.40. The van der Waals surface area contributed by atoms with Crippen molar-refractivity contribution in [2.45, 2.75) is 6.92 Å². The van der Waals surface area contributed by atoms with Crippen molar-refractivity contribution in [3.8, 4) is 5.75 Å². The van der Waals surface area contributed by atoms with Crippen LogP contribution in [0.4, 0.5) is 5.82 Å². The predicted molar refractivity (Wildman–Crippen MR) is 108 cm³/mol. The van der Waals surface area contributed by atoms with Gasteiger partial charge in [0.25, 0.3) is 5.91 Å². The molecule has 3 aromatic rings. The van der Waals surface area contributed by atoms with E-state index in [1.165, 1.54) is 0 Å². The van der Waals surface area contributed by atoms with E-state index in [9.17, 15) is 4.79 Å². The number of hydrogen-bond acceptors (Lipinski definition) is 6. The molecule has 1 aromatic carbocycles. The summed E-state index contributed by atoms with van der Waals surface area (Å²) in [6, 6.07) is 11.1. The van der Waals surface area contributed by atoms with Gasteiger partial charge in [0.15, 0.2) is 18.1 Å². The molecule has 2 aliphatic heterocycles. The third-order valence-corrected chi connectivity index (χ3v) is 6.07. The van der Waals surface area contributed by atoms with Gasteiger partial charge in [0.05, 0.1) is 5.02 Å². The Morgan fingerprint density at radius 2 is 1.86 bits per heavy atom. The second kappa shape index (κ2) is 7.18. The number of ether oxygens (including phenoxy) is 1. The van der Waals surface area contributed by atoms with E-state index in [0.29, 0.717) is 22.6 Å². The van der Waals surface area contributed by atoms with Crippen molar-refractivity contribution in [1.82, 2.24) is 24.7 Å². The summed E-state index contributed by atoms with van der Waals surface area (Å²) < 4.78 is 7.38. The van der Waals surface area contributed by atoms with Crippen LogP contribution in [-0.4, -0.2) is 63.4 Å². The number of carbonyl (C=O) groups is 1. The van der Waals surface area contributed by atoms with Crippen LogP contribution in [0.1, 0.15) is 5.82 Å². The summed E-state index contributed by atoms with van der Waals surface area (Å²) >= 11 is 6.09. The summed E-state index contributed by atoms with van der Waals surface area (Å²) in [4.78, 5) is 16.8. The standard InChI is InChI=1S/C20H21ClN6O2/c1-13-22-23-18-6-7-19(24-27(13)18)25-8-14-10-26(11-15(14)9-25)20(28)12-29-17-5-3-2-4-16(17)21/h2-7,14-15H,8-12H2,1H3. The third kappa shape index (κ3) is 3.37. The van der Waals surface area contributed by atoms with E-state index < -0.39 is 0 Å². The van der Waals surface area contributed by atoms with Crippen molar-refractivity contribution < 1.29 is 9.53 Å². The first-order chi connectivity index (χ1) is 14.1. The fourth-order valence-corrected chi connectivity index (χ4v) is 4.42. The van der Waals surface area contributed by atoms with Crippen LogP contribution in [0.15, 0.2) is 36.4 Å². The molecule has 0 bridgehead atoms. The van der Waals surface area contributed by atoms with Crippen LogP contribution < -0.4 is 9.64 Å². The normalized spacial score (nSPS) is 21.0. The molecule has 0 radical (unpaired) electrons. The number of rotatable bonds is 4. The Balaban J connectivity index is 1.20. The Bertz CT molecular complexity index is 1060. The number of hydrogen-bond donors (Lipinski definition) is 0. The molecule has 1 amide bonds. The van der Waals surface area contributed by atoms with Crippen LogP contribution in [-0.2, 0) is 4.79 Å². The Hall–Kier alpha value is -2.87. The van der Waals surface area contributed by atoms with Gasteiger partial charge in [-0.3, -0.25) is 4.79 Å². The van der Waals surface area contributed by atoms with Gasteiger partial charge in [-0.2, -0.15) is 4.52 Å². The molecule has 4 heterocycles. The highest BCUT2D eigenvalue weighted by Gasteiger charge is 2.42. The summed E-state index contributed by atoms with van der Waals surface area (Å²) in [5.41, 5.74) is 0.751. The molecule has 5 rings (SSSR count). The van der Waals surface area contributed by atoms with Crippen molar-refractivity contribution in [3.05, 3.63) is 47.2 Å². The smallest absolute Gasteiger partial charge is 0.260 e. The number of fused-ring (bicyclic) bond motifs is 2. The van der Waals surface area contributed by atoms with Gasteiger partial charge in [-0.15, -0.1) is 15.3 Å². The number of aromatic nitrogens is 4. The monoisotopic (exact) mass is 412 g/mol. The van der Waals surface area contributed by atoms with Crippen LogP contribution in [0, 0.1) is 18.8 Å².